The average Bonchev–Trinajstić information content (AvgIpc) is 3.33. The van der Waals surface area contributed by atoms with Gasteiger partial charge in [0, 0.05) is 17.8 Å². The average molecular weight is 405 g/mol. The van der Waals surface area contributed by atoms with Crippen LogP contribution in [-0.2, 0) is 0 Å². The van der Waals surface area contributed by atoms with Crippen molar-refractivity contribution in [1.29, 1.82) is 0 Å². The monoisotopic (exact) mass is 405 g/mol. The van der Waals surface area contributed by atoms with Gasteiger partial charge < -0.3 is 5.32 Å². The second kappa shape index (κ2) is 7.50. The summed E-state index contributed by atoms with van der Waals surface area (Å²) in [5.41, 5.74) is 2.11. The van der Waals surface area contributed by atoms with Crippen LogP contribution >= 0.6 is 0 Å². The quantitative estimate of drug-likeness (QED) is 0.392. The third-order valence-electron chi connectivity index (χ3n) is 4.37. The molecule has 2 aromatic carbocycles. The summed E-state index contributed by atoms with van der Waals surface area (Å²) in [6, 6.07) is 12.9. The van der Waals surface area contributed by atoms with Crippen molar-refractivity contribution in [3.63, 3.8) is 0 Å². The van der Waals surface area contributed by atoms with Crippen molar-refractivity contribution in [2.45, 2.75) is 13.8 Å². The summed E-state index contributed by atoms with van der Waals surface area (Å²) in [4.78, 5) is 23.2. The predicted octanol–water partition coefficient (Wildman–Crippen LogP) is 2.02. The number of nitrogens with one attached hydrogen (secondary N) is 1. The number of nitro benzene ring substituents is 1. The van der Waals surface area contributed by atoms with Crippen molar-refractivity contribution < 1.29 is 9.72 Å². The molecule has 30 heavy (non-hydrogen) atoms. The summed E-state index contributed by atoms with van der Waals surface area (Å²) in [7, 11) is 0. The zero-order chi connectivity index (χ0) is 21.3. The van der Waals surface area contributed by atoms with E-state index in [4.69, 9.17) is 0 Å². The lowest BCUT2D eigenvalue weighted by molar-refractivity contribution is -0.384. The molecule has 150 valence electrons. The van der Waals surface area contributed by atoms with Gasteiger partial charge in [-0.3, -0.25) is 14.9 Å². The van der Waals surface area contributed by atoms with E-state index in [1.807, 2.05) is 6.07 Å². The van der Waals surface area contributed by atoms with E-state index in [1.165, 1.54) is 16.8 Å². The predicted molar refractivity (Wildman–Crippen MR) is 105 cm³/mol. The van der Waals surface area contributed by atoms with E-state index in [9.17, 15) is 14.9 Å². The highest BCUT2D eigenvalue weighted by molar-refractivity contribution is 6.03. The van der Waals surface area contributed by atoms with Gasteiger partial charge in [0.1, 0.15) is 0 Å². The number of benzene rings is 2. The molecule has 2 aromatic heterocycles. The van der Waals surface area contributed by atoms with Crippen molar-refractivity contribution >= 4 is 17.3 Å². The highest BCUT2D eigenvalue weighted by atomic mass is 16.6. The summed E-state index contributed by atoms with van der Waals surface area (Å²) >= 11 is 0. The molecule has 4 aromatic rings. The Bertz CT molecular complexity index is 1260. The van der Waals surface area contributed by atoms with E-state index in [-0.39, 0.29) is 11.4 Å². The molecule has 1 amide bonds. The first-order chi connectivity index (χ1) is 14.4. The van der Waals surface area contributed by atoms with E-state index < -0.39 is 10.8 Å². The molecule has 12 heteroatoms. The Morgan fingerprint density at radius 3 is 2.43 bits per heavy atom. The number of anilines is 1. The molecule has 12 nitrogen and oxygen atoms in total. The standard InChI is InChI=1S/C18H15N9O3/c1-11-17(21-23-25(11)15-7-4-8-16(10-15)27(29)30)18(28)19-13-5-3-6-14(9-13)26-12(2)20-22-24-26/h3-10H,1-2H3,(H,19,28). The summed E-state index contributed by atoms with van der Waals surface area (Å²) in [6.45, 7) is 3.43. The van der Waals surface area contributed by atoms with Crippen LogP contribution < -0.4 is 5.32 Å². The number of nitro groups is 1. The minimum atomic E-state index is -0.497. The number of aromatic nitrogens is 7. The van der Waals surface area contributed by atoms with Crippen LogP contribution in [0.5, 0.6) is 0 Å². The molecule has 0 bridgehead atoms. The van der Waals surface area contributed by atoms with Crippen molar-refractivity contribution in [1.82, 2.24) is 35.2 Å². The molecule has 0 unspecified atom stereocenters. The van der Waals surface area contributed by atoms with E-state index in [1.54, 1.807) is 48.9 Å². The van der Waals surface area contributed by atoms with Gasteiger partial charge in [0.2, 0.25) is 0 Å². The van der Waals surface area contributed by atoms with Crippen LogP contribution in [0.3, 0.4) is 0 Å². The van der Waals surface area contributed by atoms with E-state index in [0.717, 1.165) is 0 Å². The molecule has 0 radical (unpaired) electrons. The van der Waals surface area contributed by atoms with Crippen LogP contribution in [0.25, 0.3) is 11.4 Å². The minimum absolute atomic E-state index is 0.0805. The Labute approximate surface area is 169 Å². The van der Waals surface area contributed by atoms with Gasteiger partial charge in [0.05, 0.1) is 22.0 Å². The topological polar surface area (TPSA) is 147 Å². The Morgan fingerprint density at radius 1 is 1.00 bits per heavy atom. The zero-order valence-corrected chi connectivity index (χ0v) is 15.9. The minimum Gasteiger partial charge on any atom is -0.320 e. The van der Waals surface area contributed by atoms with Crippen molar-refractivity contribution in [3.05, 3.63) is 75.9 Å². The summed E-state index contributed by atoms with van der Waals surface area (Å²) in [5, 5.41) is 33.0. The van der Waals surface area contributed by atoms with Crippen molar-refractivity contribution in [3.8, 4) is 11.4 Å². The molecule has 0 aliphatic carbocycles. The summed E-state index contributed by atoms with van der Waals surface area (Å²) in [6.07, 6.45) is 0. The second-order valence-corrected chi connectivity index (χ2v) is 6.35. The molecule has 0 saturated heterocycles. The Balaban J connectivity index is 1.59. The molecule has 1 N–H and O–H groups in total. The number of aryl methyl sites for hydroxylation is 1. The van der Waals surface area contributed by atoms with Gasteiger partial charge in [-0.1, -0.05) is 17.3 Å². The maximum Gasteiger partial charge on any atom is 0.278 e. The summed E-state index contributed by atoms with van der Waals surface area (Å²) < 4.78 is 2.92. The lowest BCUT2D eigenvalue weighted by Crippen LogP contribution is -2.14. The van der Waals surface area contributed by atoms with Crippen LogP contribution in [0.4, 0.5) is 11.4 Å². The first-order valence-corrected chi connectivity index (χ1v) is 8.78. The maximum atomic E-state index is 12.7. The Hall–Kier alpha value is -4.48. The SMILES string of the molecule is Cc1nnnn1-c1cccc(NC(=O)c2nnn(-c3cccc([N+](=O)[O-])c3)c2C)c1. The molecule has 0 saturated carbocycles. The second-order valence-electron chi connectivity index (χ2n) is 6.35. The van der Waals surface area contributed by atoms with Gasteiger partial charge in [0.15, 0.2) is 11.5 Å². The normalized spacial score (nSPS) is 10.7. The zero-order valence-electron chi connectivity index (χ0n) is 15.9. The molecular formula is C18H15N9O3. The van der Waals surface area contributed by atoms with Crippen LogP contribution in [0, 0.1) is 24.0 Å². The van der Waals surface area contributed by atoms with E-state index in [0.29, 0.717) is 28.6 Å². The highest BCUT2D eigenvalue weighted by Gasteiger charge is 2.19. The fourth-order valence-electron chi connectivity index (χ4n) is 2.90. The number of rotatable bonds is 5. The van der Waals surface area contributed by atoms with Crippen molar-refractivity contribution in [2.24, 2.45) is 0 Å². The number of hydrogen-bond donors (Lipinski definition) is 1. The van der Waals surface area contributed by atoms with Gasteiger partial charge >= 0.3 is 0 Å². The van der Waals surface area contributed by atoms with Gasteiger partial charge in [-0.2, -0.15) is 4.68 Å². The maximum absolute atomic E-state index is 12.7. The molecule has 0 spiro atoms. The molecule has 0 atom stereocenters. The first-order valence-electron chi connectivity index (χ1n) is 8.78. The number of hydrogen-bond acceptors (Lipinski definition) is 8. The van der Waals surface area contributed by atoms with Crippen LogP contribution in [0.15, 0.2) is 48.5 Å². The van der Waals surface area contributed by atoms with Gasteiger partial charge in [-0.05, 0) is 48.5 Å². The Morgan fingerprint density at radius 2 is 1.73 bits per heavy atom. The lowest BCUT2D eigenvalue weighted by atomic mass is 10.2. The first kappa shape index (κ1) is 18.9. The smallest absolute Gasteiger partial charge is 0.278 e. The third-order valence-corrected chi connectivity index (χ3v) is 4.37. The van der Waals surface area contributed by atoms with Crippen LogP contribution in [-0.4, -0.2) is 46.0 Å². The Kier molecular flexibility index (Phi) is 4.72. The highest BCUT2D eigenvalue weighted by Crippen LogP contribution is 2.20. The number of nitrogens with zero attached hydrogens (tertiary/aromatic N) is 8. The number of carbonyl (C=O) groups excluding carboxylic acids is 1. The lowest BCUT2D eigenvalue weighted by Gasteiger charge is -2.07. The van der Waals surface area contributed by atoms with Crippen molar-refractivity contribution in [2.75, 3.05) is 5.32 Å². The molecule has 0 aliphatic heterocycles. The molecule has 0 fully saturated rings. The van der Waals surface area contributed by atoms with E-state index >= 15 is 0 Å². The molecule has 2 heterocycles. The number of tetrazole rings is 1. The fourth-order valence-corrected chi connectivity index (χ4v) is 2.90. The van der Waals surface area contributed by atoms with Gasteiger partial charge in [-0.25, -0.2) is 4.68 Å². The van der Waals surface area contributed by atoms with Crippen LogP contribution in [0.1, 0.15) is 22.0 Å². The largest absolute Gasteiger partial charge is 0.320 e. The van der Waals surface area contributed by atoms with Gasteiger partial charge in [0.25, 0.3) is 11.6 Å². The number of amides is 1. The van der Waals surface area contributed by atoms with Crippen LogP contribution in [0.2, 0.25) is 0 Å². The third kappa shape index (κ3) is 3.48. The summed E-state index contributed by atoms with van der Waals surface area (Å²) in [5.74, 6) is 0.143. The van der Waals surface area contributed by atoms with Gasteiger partial charge in [-0.15, -0.1) is 10.2 Å². The number of carbonyl (C=O) groups is 1. The number of non-ortho nitro benzene ring substituents is 1. The fraction of sp³-hybridized carbons (Fsp3) is 0.111. The molecule has 0 aliphatic rings. The molecular weight excluding hydrogens is 390 g/mol. The molecule has 4 rings (SSSR count). The van der Waals surface area contributed by atoms with E-state index in [2.05, 4.69) is 31.2 Å².